The van der Waals surface area contributed by atoms with E-state index in [2.05, 4.69) is 40.0 Å². The Labute approximate surface area is 185 Å². The second-order valence-corrected chi connectivity index (χ2v) is 8.34. The van der Waals surface area contributed by atoms with E-state index in [1.165, 1.54) is 0 Å². The number of benzene rings is 1. The number of amides is 3. The van der Waals surface area contributed by atoms with Gasteiger partial charge in [0, 0.05) is 12.6 Å². The lowest BCUT2D eigenvalue weighted by atomic mass is 10.0. The second-order valence-electron chi connectivity index (χ2n) is 8.34. The van der Waals surface area contributed by atoms with Crippen molar-refractivity contribution in [1.82, 2.24) is 25.2 Å². The summed E-state index contributed by atoms with van der Waals surface area (Å²) < 4.78 is 1.86. The quantitative estimate of drug-likeness (QED) is 0.528. The molecule has 4 rings (SSSR count). The first-order chi connectivity index (χ1) is 15.4. The van der Waals surface area contributed by atoms with Crippen molar-refractivity contribution in [2.24, 2.45) is 5.92 Å². The highest BCUT2D eigenvalue weighted by Gasteiger charge is 2.28. The van der Waals surface area contributed by atoms with Crippen LogP contribution in [-0.2, 0) is 9.59 Å². The predicted molar refractivity (Wildman–Crippen MR) is 119 cm³/mol. The van der Waals surface area contributed by atoms with Crippen molar-refractivity contribution < 1.29 is 14.4 Å². The standard InChI is InChI=1S/C23H26N6O3/c1-14(2)13-18(21-28-27-19-9-5-6-12-29(19)21)24-20(30)11-10-17-23(32)25-16-8-4-3-7-15(16)22(31)26-17/h3-9,12,14,17-18H,10-11,13H2,1-2H3,(H,24,30)(H,25,32)(H,26,31)/t17-,18-/m0/s1. The molecule has 166 valence electrons. The number of anilines is 1. The number of para-hydroxylation sites is 1. The van der Waals surface area contributed by atoms with Gasteiger partial charge < -0.3 is 16.0 Å². The van der Waals surface area contributed by atoms with Crippen LogP contribution in [0.15, 0.2) is 48.7 Å². The van der Waals surface area contributed by atoms with Crippen molar-refractivity contribution >= 4 is 29.1 Å². The number of carbonyl (C=O) groups excluding carboxylic acids is 3. The Morgan fingerprint density at radius 3 is 2.72 bits per heavy atom. The molecule has 0 bridgehead atoms. The number of pyridine rings is 1. The highest BCUT2D eigenvalue weighted by molar-refractivity contribution is 6.09. The molecule has 0 saturated heterocycles. The first kappa shape index (κ1) is 21.5. The van der Waals surface area contributed by atoms with Gasteiger partial charge in [0.25, 0.3) is 5.91 Å². The Morgan fingerprint density at radius 1 is 1.12 bits per heavy atom. The molecule has 1 aromatic carbocycles. The lowest BCUT2D eigenvalue weighted by molar-refractivity contribution is -0.122. The second kappa shape index (κ2) is 9.17. The lowest BCUT2D eigenvalue weighted by Crippen LogP contribution is -2.42. The van der Waals surface area contributed by atoms with E-state index in [1.807, 2.05) is 28.8 Å². The minimum absolute atomic E-state index is 0.0834. The Bertz CT molecular complexity index is 1160. The minimum Gasteiger partial charge on any atom is -0.346 e. The van der Waals surface area contributed by atoms with Gasteiger partial charge in [-0.2, -0.15) is 0 Å². The smallest absolute Gasteiger partial charge is 0.254 e. The van der Waals surface area contributed by atoms with Crippen LogP contribution in [0.2, 0.25) is 0 Å². The molecule has 3 heterocycles. The molecule has 1 aliphatic rings. The number of nitrogens with zero attached hydrogens (tertiary/aromatic N) is 3. The van der Waals surface area contributed by atoms with Crippen LogP contribution in [0.5, 0.6) is 0 Å². The van der Waals surface area contributed by atoms with Crippen LogP contribution < -0.4 is 16.0 Å². The highest BCUT2D eigenvalue weighted by Crippen LogP contribution is 2.22. The molecule has 32 heavy (non-hydrogen) atoms. The van der Waals surface area contributed by atoms with Gasteiger partial charge in [-0.15, -0.1) is 10.2 Å². The highest BCUT2D eigenvalue weighted by atomic mass is 16.2. The molecule has 9 nitrogen and oxygen atoms in total. The van der Waals surface area contributed by atoms with Crippen LogP contribution in [-0.4, -0.2) is 38.4 Å². The molecule has 0 radical (unpaired) electrons. The number of aromatic nitrogens is 3. The largest absolute Gasteiger partial charge is 0.346 e. The van der Waals surface area contributed by atoms with Crippen LogP contribution in [0.4, 0.5) is 5.69 Å². The van der Waals surface area contributed by atoms with Gasteiger partial charge in [0.2, 0.25) is 11.8 Å². The summed E-state index contributed by atoms with van der Waals surface area (Å²) in [5, 5.41) is 17.0. The fraction of sp³-hybridized carbons (Fsp3) is 0.348. The number of fused-ring (bicyclic) bond motifs is 2. The summed E-state index contributed by atoms with van der Waals surface area (Å²) in [6, 6.07) is 11.3. The molecule has 3 aromatic rings. The van der Waals surface area contributed by atoms with Gasteiger partial charge in [0.05, 0.1) is 17.3 Å². The summed E-state index contributed by atoms with van der Waals surface area (Å²) in [6.07, 6.45) is 2.83. The number of nitrogens with one attached hydrogen (secondary N) is 3. The Hall–Kier alpha value is -3.75. The summed E-state index contributed by atoms with van der Waals surface area (Å²) in [4.78, 5) is 37.8. The summed E-state index contributed by atoms with van der Waals surface area (Å²) in [5.41, 5.74) is 1.59. The van der Waals surface area contributed by atoms with Gasteiger partial charge >= 0.3 is 0 Å². The Kier molecular flexibility index (Phi) is 6.16. The molecule has 2 aromatic heterocycles. The fourth-order valence-corrected chi connectivity index (χ4v) is 3.85. The SMILES string of the molecule is CC(C)C[C@H](NC(=O)CC[C@@H]1NC(=O)c2ccccc2NC1=O)c1nnc2ccccn12. The average molecular weight is 435 g/mol. The van der Waals surface area contributed by atoms with E-state index < -0.39 is 6.04 Å². The third-order valence-electron chi connectivity index (χ3n) is 5.41. The van der Waals surface area contributed by atoms with Gasteiger partial charge in [-0.3, -0.25) is 18.8 Å². The first-order valence-electron chi connectivity index (χ1n) is 10.7. The maximum absolute atomic E-state index is 12.8. The number of carbonyl (C=O) groups is 3. The molecule has 0 fully saturated rings. The average Bonchev–Trinajstić information content (AvgIpc) is 3.15. The van der Waals surface area contributed by atoms with Crippen molar-refractivity contribution in [2.45, 2.75) is 45.2 Å². The van der Waals surface area contributed by atoms with Crippen molar-refractivity contribution in [3.05, 3.63) is 60.0 Å². The van der Waals surface area contributed by atoms with E-state index in [4.69, 9.17) is 0 Å². The lowest BCUT2D eigenvalue weighted by Gasteiger charge is -2.20. The van der Waals surface area contributed by atoms with Crippen LogP contribution >= 0.6 is 0 Å². The summed E-state index contributed by atoms with van der Waals surface area (Å²) in [5.74, 6) is 0.0998. The molecule has 3 N–H and O–H groups in total. The molecule has 0 saturated carbocycles. The maximum Gasteiger partial charge on any atom is 0.254 e. The Morgan fingerprint density at radius 2 is 1.91 bits per heavy atom. The monoisotopic (exact) mass is 434 g/mol. The van der Waals surface area contributed by atoms with Gasteiger partial charge in [0.1, 0.15) is 6.04 Å². The van der Waals surface area contributed by atoms with Crippen molar-refractivity contribution in [3.8, 4) is 0 Å². The zero-order chi connectivity index (χ0) is 22.7. The van der Waals surface area contributed by atoms with E-state index in [-0.39, 0.29) is 36.6 Å². The molecular formula is C23H26N6O3. The molecule has 0 aliphatic carbocycles. The third-order valence-corrected chi connectivity index (χ3v) is 5.41. The van der Waals surface area contributed by atoms with Crippen molar-refractivity contribution in [2.75, 3.05) is 5.32 Å². The van der Waals surface area contributed by atoms with Crippen molar-refractivity contribution in [3.63, 3.8) is 0 Å². The molecule has 3 amide bonds. The molecular weight excluding hydrogens is 408 g/mol. The maximum atomic E-state index is 12.8. The zero-order valence-electron chi connectivity index (χ0n) is 18.0. The third kappa shape index (κ3) is 4.61. The Balaban J connectivity index is 1.43. The van der Waals surface area contributed by atoms with Crippen LogP contribution in [0.25, 0.3) is 5.65 Å². The number of rotatable bonds is 7. The van der Waals surface area contributed by atoms with Gasteiger partial charge in [-0.05, 0) is 43.0 Å². The van der Waals surface area contributed by atoms with E-state index >= 15 is 0 Å². The molecule has 1 aliphatic heterocycles. The number of hydrogen-bond donors (Lipinski definition) is 3. The van der Waals surface area contributed by atoms with E-state index in [0.29, 0.717) is 35.1 Å². The van der Waals surface area contributed by atoms with Gasteiger partial charge in [-0.1, -0.05) is 32.0 Å². The fourth-order valence-electron chi connectivity index (χ4n) is 3.85. The normalized spacial score (nSPS) is 16.8. The predicted octanol–water partition coefficient (Wildman–Crippen LogP) is 2.46. The minimum atomic E-state index is -0.793. The molecule has 0 spiro atoms. The molecule has 9 heteroatoms. The first-order valence-corrected chi connectivity index (χ1v) is 10.7. The molecule has 0 unspecified atom stereocenters. The van der Waals surface area contributed by atoms with E-state index in [9.17, 15) is 14.4 Å². The van der Waals surface area contributed by atoms with Crippen LogP contribution in [0, 0.1) is 5.92 Å². The topological polar surface area (TPSA) is 117 Å². The summed E-state index contributed by atoms with van der Waals surface area (Å²) in [7, 11) is 0. The zero-order valence-corrected chi connectivity index (χ0v) is 18.0. The van der Waals surface area contributed by atoms with Crippen LogP contribution in [0.1, 0.15) is 55.3 Å². The van der Waals surface area contributed by atoms with E-state index in [0.717, 1.165) is 0 Å². The van der Waals surface area contributed by atoms with Gasteiger partial charge in [-0.25, -0.2) is 0 Å². The number of hydrogen-bond acceptors (Lipinski definition) is 5. The summed E-state index contributed by atoms with van der Waals surface area (Å²) in [6.45, 7) is 4.15. The van der Waals surface area contributed by atoms with Crippen LogP contribution in [0.3, 0.4) is 0 Å². The molecule has 2 atom stereocenters. The van der Waals surface area contributed by atoms with E-state index in [1.54, 1.807) is 24.3 Å². The van der Waals surface area contributed by atoms with Gasteiger partial charge in [0.15, 0.2) is 11.5 Å². The van der Waals surface area contributed by atoms with Crippen molar-refractivity contribution in [1.29, 1.82) is 0 Å². The summed E-state index contributed by atoms with van der Waals surface area (Å²) >= 11 is 0.